The van der Waals surface area contributed by atoms with Gasteiger partial charge in [-0.1, -0.05) is 13.8 Å². The minimum absolute atomic E-state index is 0.0366. The van der Waals surface area contributed by atoms with E-state index >= 15 is 0 Å². The normalized spacial score (nSPS) is 29.9. The first-order valence-corrected chi connectivity index (χ1v) is 25.3. The van der Waals surface area contributed by atoms with Crippen LogP contribution in [0.5, 0.6) is 17.2 Å². The molecule has 0 bridgehead atoms. The number of ketones is 2. The van der Waals surface area contributed by atoms with Crippen LogP contribution in [-0.2, 0) is 53.8 Å². The molecule has 2 aromatic rings. The number of hydrogen-bond acceptors (Lipinski definition) is 24. The number of rotatable bonds is 27. The van der Waals surface area contributed by atoms with Gasteiger partial charge in [0.1, 0.15) is 73.6 Å². The molecule has 2 fully saturated rings. The van der Waals surface area contributed by atoms with Gasteiger partial charge in [-0.25, -0.2) is 0 Å². The van der Waals surface area contributed by atoms with Crippen LogP contribution in [-0.4, -0.2) is 223 Å². The highest BCUT2D eigenvalue weighted by molar-refractivity contribution is 6.11. The van der Waals surface area contributed by atoms with Crippen molar-refractivity contribution in [2.75, 3.05) is 27.3 Å². The number of hydrogen-bond donors (Lipinski definition) is 12. The van der Waals surface area contributed by atoms with Crippen LogP contribution in [0.25, 0.3) is 10.8 Å². The topological polar surface area (TPSA) is 369 Å². The molecule has 24 heteroatoms. The predicted octanol–water partition coefficient (Wildman–Crippen LogP) is -0.303. The Morgan fingerprint density at radius 3 is 2.03 bits per heavy atom. The fraction of sp³-hybridized carbons (Fsp3) is 0.765. The fourth-order valence-electron chi connectivity index (χ4n) is 9.36. The standard InChI is InChI=1S/C51H80O24/c1-20(2)41(57)34(70-18-69-25(7)43(59)22(4)52)15-36(56)67-17-32(55)24(6)68-19-71-51-30(50(66-10)49(65)44(60)23(5)53)12-28-11-29-13-33(21(3)42(58)39(29)47(63)40(28)48(51)64)74-38-16-35(46(62)27(9)73-38)75-37-14-31(54)45(61)26(8)72-37/h11,13,20,22-27,30-32,34-38,41,43-46,50-63H,12,14-19H2,1-10H3/t22?,23-,24?,25?,26?,27?,30?,31?,32+,34?,35?,36+,37+,38+,41+,43+,44+,45-,46-,50+,51+/m1/s1. The van der Waals surface area contributed by atoms with Crippen molar-refractivity contribution in [1.82, 2.24) is 0 Å². The number of phenols is 2. The van der Waals surface area contributed by atoms with E-state index in [1.54, 1.807) is 27.7 Å². The van der Waals surface area contributed by atoms with Gasteiger partial charge in [0.15, 0.2) is 24.1 Å². The second-order valence-electron chi connectivity index (χ2n) is 20.4. The number of ether oxygens (including phenoxy) is 10. The zero-order valence-corrected chi connectivity index (χ0v) is 44.1. The van der Waals surface area contributed by atoms with Gasteiger partial charge in [0.25, 0.3) is 0 Å². The van der Waals surface area contributed by atoms with Crippen molar-refractivity contribution >= 4 is 22.3 Å². The summed E-state index contributed by atoms with van der Waals surface area (Å²) < 4.78 is 57.8. The largest absolute Gasteiger partial charge is 0.507 e. The molecule has 2 heterocycles. The van der Waals surface area contributed by atoms with Crippen LogP contribution in [0.15, 0.2) is 12.1 Å². The molecule has 2 saturated heterocycles. The highest BCUT2D eigenvalue weighted by Gasteiger charge is 2.48. The van der Waals surface area contributed by atoms with Crippen LogP contribution in [0.3, 0.4) is 0 Å². The predicted molar refractivity (Wildman–Crippen MR) is 260 cm³/mol. The molecule has 2 aliphatic heterocycles. The number of carbonyl (C=O) groups is 2. The third-order valence-electron chi connectivity index (χ3n) is 14.3. The van der Waals surface area contributed by atoms with Gasteiger partial charge in [-0.15, -0.1) is 0 Å². The SMILES string of the molecule is CO[C@H](C(=O)[C@@H](O)[C@@H](C)O)C1Cc2cc3cc(O[C@H]4CC(O[C@H]5CC(O)[C@H](O)C(C)O5)[C@H](O)C(C)O4)c(C)c(O)c3c(O)c2C(=O)[C@H]1OCOC(C)[C@@H](O)CO[C@H](O)CC(OCOC(C)[C@@H](O)C(C)O)[C@@H](O)C(C)C. The molecular formula is C51H80O24. The van der Waals surface area contributed by atoms with Crippen LogP contribution in [0, 0.1) is 18.8 Å². The van der Waals surface area contributed by atoms with Crippen LogP contribution in [0.1, 0.15) is 96.1 Å². The summed E-state index contributed by atoms with van der Waals surface area (Å²) in [7, 11) is 1.16. The molecule has 0 aromatic heterocycles. The molecule has 1 aliphatic carbocycles. The van der Waals surface area contributed by atoms with Crippen molar-refractivity contribution in [3.63, 3.8) is 0 Å². The molecule has 75 heavy (non-hydrogen) atoms. The summed E-state index contributed by atoms with van der Waals surface area (Å²) in [6, 6.07) is 3.00. The zero-order chi connectivity index (χ0) is 55.9. The van der Waals surface area contributed by atoms with Crippen molar-refractivity contribution in [2.24, 2.45) is 11.8 Å². The van der Waals surface area contributed by atoms with Gasteiger partial charge in [0, 0.05) is 37.9 Å². The van der Waals surface area contributed by atoms with Crippen molar-refractivity contribution in [2.45, 2.75) is 211 Å². The van der Waals surface area contributed by atoms with Gasteiger partial charge in [0.2, 0.25) is 6.29 Å². The van der Waals surface area contributed by atoms with Gasteiger partial charge in [-0.3, -0.25) is 9.59 Å². The minimum atomic E-state index is -1.94. The Bertz CT molecular complexity index is 2150. The van der Waals surface area contributed by atoms with E-state index < -0.39 is 172 Å². The maximum absolute atomic E-state index is 14.6. The Kier molecular flexibility index (Phi) is 22.9. The lowest BCUT2D eigenvalue weighted by Crippen LogP contribution is -2.53. The van der Waals surface area contributed by atoms with E-state index in [1.165, 1.54) is 46.8 Å². The first-order chi connectivity index (χ1) is 35.2. The van der Waals surface area contributed by atoms with Crippen molar-refractivity contribution in [1.29, 1.82) is 0 Å². The Balaban J connectivity index is 1.31. The lowest BCUT2D eigenvalue weighted by atomic mass is 9.75. The molecule has 2 aromatic carbocycles. The summed E-state index contributed by atoms with van der Waals surface area (Å²) in [4.78, 5) is 28.2. The number of Topliss-reactive ketones (excluding diaryl/α,β-unsaturated/α-hetero) is 2. The summed E-state index contributed by atoms with van der Waals surface area (Å²) >= 11 is 0. The molecule has 0 saturated carbocycles. The highest BCUT2D eigenvalue weighted by Crippen LogP contribution is 2.47. The highest BCUT2D eigenvalue weighted by atomic mass is 16.7. The van der Waals surface area contributed by atoms with E-state index in [4.69, 9.17) is 47.4 Å². The number of aromatic hydroxyl groups is 2. The van der Waals surface area contributed by atoms with Crippen molar-refractivity contribution in [3.8, 4) is 17.2 Å². The van der Waals surface area contributed by atoms with Gasteiger partial charge >= 0.3 is 0 Å². The summed E-state index contributed by atoms with van der Waals surface area (Å²) in [5.74, 6) is -4.38. The van der Waals surface area contributed by atoms with Crippen molar-refractivity contribution < 1.29 is 118 Å². The third-order valence-corrected chi connectivity index (χ3v) is 14.3. The smallest absolute Gasteiger partial charge is 0.202 e. The Morgan fingerprint density at radius 1 is 0.773 bits per heavy atom. The maximum atomic E-state index is 14.6. The van der Waals surface area contributed by atoms with Gasteiger partial charge in [0.05, 0.1) is 78.6 Å². The Labute approximate surface area is 435 Å². The maximum Gasteiger partial charge on any atom is 0.202 e. The molecule has 0 amide bonds. The first kappa shape index (κ1) is 62.5. The quantitative estimate of drug-likeness (QED) is 0.0511. The minimum Gasteiger partial charge on any atom is -0.507 e. The summed E-state index contributed by atoms with van der Waals surface area (Å²) in [5, 5.41) is 128. The second-order valence-corrected chi connectivity index (χ2v) is 20.4. The second kappa shape index (κ2) is 27.5. The van der Waals surface area contributed by atoms with Crippen LogP contribution in [0.2, 0.25) is 0 Å². The average molecular weight is 1080 g/mol. The van der Waals surface area contributed by atoms with E-state index in [9.17, 15) is 70.9 Å². The molecule has 428 valence electrons. The van der Waals surface area contributed by atoms with E-state index in [0.717, 1.165) is 7.11 Å². The summed E-state index contributed by atoms with van der Waals surface area (Å²) in [6.07, 6.45) is -24.3. The van der Waals surface area contributed by atoms with Gasteiger partial charge in [-0.05, 0) is 83.9 Å². The molecule has 3 aliphatic rings. The third kappa shape index (κ3) is 15.3. The lowest BCUT2D eigenvalue weighted by Gasteiger charge is -2.41. The average Bonchev–Trinajstić information content (AvgIpc) is 3.34. The summed E-state index contributed by atoms with van der Waals surface area (Å²) in [6.45, 7) is 12.1. The van der Waals surface area contributed by atoms with E-state index in [1.807, 2.05) is 0 Å². The molecule has 21 atom stereocenters. The molecule has 9 unspecified atom stereocenters. The van der Waals surface area contributed by atoms with Crippen LogP contribution >= 0.6 is 0 Å². The Morgan fingerprint density at radius 2 is 1.41 bits per heavy atom. The molecule has 5 rings (SSSR count). The first-order valence-electron chi connectivity index (χ1n) is 25.3. The lowest BCUT2D eigenvalue weighted by molar-refractivity contribution is -0.298. The summed E-state index contributed by atoms with van der Waals surface area (Å²) in [5.41, 5.74) is 0.0547. The fourth-order valence-corrected chi connectivity index (χ4v) is 9.36. The van der Waals surface area contributed by atoms with Gasteiger partial charge in [-0.2, -0.15) is 0 Å². The van der Waals surface area contributed by atoms with Crippen molar-refractivity contribution in [3.05, 3.63) is 28.8 Å². The number of aliphatic hydroxyl groups is 10. The number of benzene rings is 2. The molecular weight excluding hydrogens is 997 g/mol. The van der Waals surface area contributed by atoms with Crippen LogP contribution < -0.4 is 4.74 Å². The zero-order valence-electron chi connectivity index (χ0n) is 44.1. The number of phenolic OH excluding ortho intramolecular Hbond substituents is 2. The molecule has 0 spiro atoms. The molecule has 24 nitrogen and oxygen atoms in total. The number of fused-ring (bicyclic) bond motifs is 2. The van der Waals surface area contributed by atoms with Crippen LogP contribution in [0.4, 0.5) is 0 Å². The molecule has 12 N–H and O–H groups in total. The van der Waals surface area contributed by atoms with E-state index in [2.05, 4.69) is 0 Å². The number of methoxy groups -OCH3 is 1. The Hall–Kier alpha value is -3.32. The number of aliphatic hydroxyl groups excluding tert-OH is 10. The monoisotopic (exact) mass is 1080 g/mol. The number of carbonyl (C=O) groups excluding carboxylic acids is 2. The molecule has 0 radical (unpaired) electrons. The van der Waals surface area contributed by atoms with Gasteiger partial charge < -0.3 is 109 Å². The van der Waals surface area contributed by atoms with E-state index in [-0.39, 0.29) is 64.8 Å². The van der Waals surface area contributed by atoms with E-state index in [0.29, 0.717) is 0 Å².